The third-order valence-corrected chi connectivity index (χ3v) is 2.98. The molecule has 0 atom stereocenters. The van der Waals surface area contributed by atoms with Crippen molar-refractivity contribution in [3.05, 3.63) is 53.4 Å². The minimum atomic E-state index is -0.106. The lowest BCUT2D eigenvalue weighted by atomic mass is 10.2. The van der Waals surface area contributed by atoms with Crippen LogP contribution in [0.2, 0.25) is 0 Å². The number of hydrogen-bond acceptors (Lipinski definition) is 3. The molecule has 98 valence electrons. The van der Waals surface area contributed by atoms with Crippen LogP contribution in [-0.4, -0.2) is 19.1 Å². The Morgan fingerprint density at radius 3 is 2.74 bits per heavy atom. The summed E-state index contributed by atoms with van der Waals surface area (Å²) >= 11 is 0. The van der Waals surface area contributed by atoms with Crippen LogP contribution >= 0.6 is 0 Å². The number of nitrogens with zero attached hydrogens (tertiary/aromatic N) is 4. The molecule has 0 radical (unpaired) electrons. The Hall–Kier alpha value is -2.43. The number of allylic oxidation sites excluding steroid dienone is 5. The Labute approximate surface area is 111 Å². The molecule has 0 aliphatic carbocycles. The molecular weight excluding hydrogens is 240 g/mol. The van der Waals surface area contributed by atoms with Crippen LogP contribution in [0.5, 0.6) is 0 Å². The average molecular weight is 256 g/mol. The standard InChI is InChI=1S/C14H16N4O/c1-5-7-8-10(6-2)12-15-9-11-13(16-12)18(4)14(19)17(11)3/h5-9H,1H2,2-4H3/b8-7-,10-6+. The average Bonchev–Trinajstić information content (AvgIpc) is 2.65. The van der Waals surface area contributed by atoms with E-state index in [1.54, 1.807) is 26.4 Å². The van der Waals surface area contributed by atoms with Gasteiger partial charge in [-0.2, -0.15) is 0 Å². The largest absolute Gasteiger partial charge is 0.329 e. The van der Waals surface area contributed by atoms with E-state index >= 15 is 0 Å². The van der Waals surface area contributed by atoms with E-state index in [0.29, 0.717) is 11.5 Å². The fourth-order valence-corrected chi connectivity index (χ4v) is 1.88. The SMILES string of the molecule is C=C/C=C\C(=C/C)c1ncc2c(n1)n(C)c(=O)n2C. The van der Waals surface area contributed by atoms with Crippen LogP contribution in [-0.2, 0) is 14.1 Å². The summed E-state index contributed by atoms with van der Waals surface area (Å²) in [7, 11) is 3.41. The second-order valence-corrected chi connectivity index (χ2v) is 4.14. The fourth-order valence-electron chi connectivity index (χ4n) is 1.88. The van der Waals surface area contributed by atoms with E-state index in [4.69, 9.17) is 0 Å². The van der Waals surface area contributed by atoms with Crippen LogP contribution in [0.3, 0.4) is 0 Å². The number of rotatable bonds is 3. The van der Waals surface area contributed by atoms with E-state index in [1.165, 1.54) is 9.13 Å². The van der Waals surface area contributed by atoms with Gasteiger partial charge >= 0.3 is 5.69 Å². The Morgan fingerprint density at radius 1 is 1.37 bits per heavy atom. The molecule has 0 amide bonds. The van der Waals surface area contributed by atoms with Gasteiger partial charge in [-0.15, -0.1) is 0 Å². The number of fused-ring (bicyclic) bond motifs is 1. The molecule has 0 aliphatic rings. The Kier molecular flexibility index (Phi) is 3.46. The van der Waals surface area contributed by atoms with Gasteiger partial charge in [0.05, 0.1) is 6.20 Å². The van der Waals surface area contributed by atoms with E-state index in [1.807, 2.05) is 25.2 Å². The van der Waals surface area contributed by atoms with Crippen molar-refractivity contribution in [1.82, 2.24) is 19.1 Å². The van der Waals surface area contributed by atoms with Crippen molar-refractivity contribution in [2.24, 2.45) is 14.1 Å². The van der Waals surface area contributed by atoms with Crippen LogP contribution in [0.15, 0.2) is 41.9 Å². The van der Waals surface area contributed by atoms with Gasteiger partial charge in [-0.05, 0) is 6.92 Å². The number of aryl methyl sites for hydroxylation is 2. The van der Waals surface area contributed by atoms with E-state index in [9.17, 15) is 4.79 Å². The van der Waals surface area contributed by atoms with Crippen molar-refractivity contribution < 1.29 is 0 Å². The summed E-state index contributed by atoms with van der Waals surface area (Å²) in [5, 5.41) is 0. The Bertz CT molecular complexity index is 747. The predicted octanol–water partition coefficient (Wildman–Crippen LogP) is 1.81. The second-order valence-electron chi connectivity index (χ2n) is 4.14. The topological polar surface area (TPSA) is 52.7 Å². The summed E-state index contributed by atoms with van der Waals surface area (Å²) in [6, 6.07) is 0. The van der Waals surface area contributed by atoms with Gasteiger partial charge in [0.15, 0.2) is 11.5 Å². The minimum Gasteiger partial charge on any atom is -0.292 e. The zero-order valence-electron chi connectivity index (χ0n) is 11.3. The first-order chi connectivity index (χ1) is 9.10. The number of hydrogen-bond donors (Lipinski definition) is 0. The van der Waals surface area contributed by atoms with Crippen molar-refractivity contribution in [3.63, 3.8) is 0 Å². The quantitative estimate of drug-likeness (QED) is 0.787. The first kappa shape index (κ1) is 13.0. The highest BCUT2D eigenvalue weighted by Crippen LogP contribution is 2.14. The van der Waals surface area contributed by atoms with Crippen molar-refractivity contribution >= 4 is 16.7 Å². The van der Waals surface area contributed by atoms with Gasteiger partial charge in [0.1, 0.15) is 5.52 Å². The molecule has 0 saturated carbocycles. The lowest BCUT2D eigenvalue weighted by molar-refractivity contribution is 0.791. The van der Waals surface area contributed by atoms with Crippen LogP contribution in [0.1, 0.15) is 12.7 Å². The van der Waals surface area contributed by atoms with E-state index < -0.39 is 0 Å². The van der Waals surface area contributed by atoms with Gasteiger partial charge in [0.2, 0.25) is 0 Å². The maximum absolute atomic E-state index is 11.8. The summed E-state index contributed by atoms with van der Waals surface area (Å²) in [5.41, 5.74) is 2.13. The third-order valence-electron chi connectivity index (χ3n) is 2.98. The fraction of sp³-hybridized carbons (Fsp3) is 0.214. The first-order valence-electron chi connectivity index (χ1n) is 5.94. The van der Waals surface area contributed by atoms with Crippen molar-refractivity contribution in [1.29, 1.82) is 0 Å². The molecule has 0 aromatic carbocycles. The highest BCUT2D eigenvalue weighted by Gasteiger charge is 2.11. The highest BCUT2D eigenvalue weighted by atomic mass is 16.1. The summed E-state index contributed by atoms with van der Waals surface area (Å²) in [6.07, 6.45) is 8.99. The Balaban J connectivity index is 2.65. The molecule has 0 spiro atoms. The smallest absolute Gasteiger partial charge is 0.292 e. The van der Waals surface area contributed by atoms with Gasteiger partial charge in [-0.3, -0.25) is 9.13 Å². The molecule has 2 aromatic heterocycles. The Morgan fingerprint density at radius 2 is 2.11 bits per heavy atom. The number of imidazole rings is 1. The van der Waals surface area contributed by atoms with Crippen LogP contribution in [0.25, 0.3) is 16.7 Å². The van der Waals surface area contributed by atoms with Crippen LogP contribution in [0.4, 0.5) is 0 Å². The zero-order valence-corrected chi connectivity index (χ0v) is 11.3. The normalized spacial score (nSPS) is 12.5. The number of aromatic nitrogens is 4. The summed E-state index contributed by atoms with van der Waals surface area (Å²) in [4.78, 5) is 20.6. The van der Waals surface area contributed by atoms with Crippen molar-refractivity contribution in [3.8, 4) is 0 Å². The lowest BCUT2D eigenvalue weighted by Gasteiger charge is -2.01. The van der Waals surface area contributed by atoms with Gasteiger partial charge in [-0.25, -0.2) is 14.8 Å². The third kappa shape index (κ3) is 2.14. The van der Waals surface area contributed by atoms with E-state index in [-0.39, 0.29) is 5.69 Å². The predicted molar refractivity (Wildman–Crippen MR) is 76.7 cm³/mol. The van der Waals surface area contributed by atoms with E-state index in [0.717, 1.165) is 11.1 Å². The molecule has 19 heavy (non-hydrogen) atoms. The summed E-state index contributed by atoms with van der Waals surface area (Å²) in [5.74, 6) is 0.592. The molecule has 2 aromatic rings. The molecule has 2 heterocycles. The molecule has 0 bridgehead atoms. The molecule has 2 rings (SSSR count). The maximum Gasteiger partial charge on any atom is 0.329 e. The van der Waals surface area contributed by atoms with Crippen LogP contribution < -0.4 is 5.69 Å². The summed E-state index contributed by atoms with van der Waals surface area (Å²) < 4.78 is 3.05. The van der Waals surface area contributed by atoms with E-state index in [2.05, 4.69) is 16.5 Å². The van der Waals surface area contributed by atoms with Gasteiger partial charge in [0, 0.05) is 19.7 Å². The molecular formula is C14H16N4O. The molecule has 0 unspecified atom stereocenters. The molecule has 5 heteroatoms. The minimum absolute atomic E-state index is 0.106. The van der Waals surface area contributed by atoms with Gasteiger partial charge in [-0.1, -0.05) is 30.9 Å². The first-order valence-corrected chi connectivity index (χ1v) is 5.94. The summed E-state index contributed by atoms with van der Waals surface area (Å²) in [6.45, 7) is 5.55. The monoisotopic (exact) mass is 256 g/mol. The molecule has 0 saturated heterocycles. The molecule has 0 aliphatic heterocycles. The van der Waals surface area contributed by atoms with Crippen LogP contribution in [0, 0.1) is 0 Å². The van der Waals surface area contributed by atoms with Crippen molar-refractivity contribution in [2.45, 2.75) is 6.92 Å². The lowest BCUT2D eigenvalue weighted by Crippen LogP contribution is -2.19. The maximum atomic E-state index is 11.8. The van der Waals surface area contributed by atoms with Gasteiger partial charge in [0.25, 0.3) is 0 Å². The highest BCUT2D eigenvalue weighted by molar-refractivity contribution is 5.76. The molecule has 5 nitrogen and oxygen atoms in total. The second kappa shape index (κ2) is 5.06. The van der Waals surface area contributed by atoms with Crippen molar-refractivity contribution in [2.75, 3.05) is 0 Å². The molecule has 0 fully saturated rings. The van der Waals surface area contributed by atoms with Gasteiger partial charge < -0.3 is 0 Å². The molecule has 0 N–H and O–H groups in total. The zero-order chi connectivity index (χ0) is 14.0.